The number of nitrogens with one attached hydrogen (secondary N) is 3. The number of anilines is 4. The van der Waals surface area contributed by atoms with Gasteiger partial charge in [-0.3, -0.25) is 14.4 Å². The van der Waals surface area contributed by atoms with Crippen molar-refractivity contribution in [3.63, 3.8) is 0 Å². The highest BCUT2D eigenvalue weighted by Gasteiger charge is 2.30. The highest BCUT2D eigenvalue weighted by Crippen LogP contribution is 2.43. The van der Waals surface area contributed by atoms with Gasteiger partial charge in [0.05, 0.1) is 88.8 Å². The summed E-state index contributed by atoms with van der Waals surface area (Å²) in [4.78, 5) is 54.5. The monoisotopic (exact) mass is 1100 g/mol. The Hall–Kier alpha value is -8.04. The number of aryl methyl sites for hydroxylation is 2. The van der Waals surface area contributed by atoms with Crippen LogP contribution in [0.4, 0.5) is 21.4 Å². The predicted octanol–water partition coefficient (Wildman–Crippen LogP) is 10.5. The molecule has 8 rings (SSSR count). The smallest absolute Gasteiger partial charge is 0.341 e. The summed E-state index contributed by atoms with van der Waals surface area (Å²) in [5, 5.41) is 9.85. The van der Waals surface area contributed by atoms with Crippen LogP contribution in [0, 0.1) is 0 Å². The molecule has 4 aromatic carbocycles. The second-order valence-corrected chi connectivity index (χ2v) is 19.2. The van der Waals surface area contributed by atoms with E-state index in [0.717, 1.165) is 72.2 Å². The molecule has 0 aliphatic heterocycles. The van der Waals surface area contributed by atoms with Crippen molar-refractivity contribution in [1.29, 1.82) is 0 Å². The van der Waals surface area contributed by atoms with Crippen molar-refractivity contribution in [3.05, 3.63) is 104 Å². The molecular weight excluding hydrogens is 1030 g/mol. The molecule has 77 heavy (non-hydrogen) atoms. The molecule has 2 heterocycles. The average molecular weight is 1100 g/mol. The molecule has 6 aromatic rings. The highest BCUT2D eigenvalue weighted by molar-refractivity contribution is 7.17. The Kier molecular flexibility index (Phi) is 20.9. The first-order valence-corrected chi connectivity index (χ1v) is 26.1. The molecule has 2 aromatic heterocycles. The molecule has 19 nitrogen and oxygen atoms in total. The van der Waals surface area contributed by atoms with Gasteiger partial charge in [-0.15, -0.1) is 22.7 Å². The molecule has 0 fully saturated rings. The van der Waals surface area contributed by atoms with Crippen molar-refractivity contribution in [1.82, 2.24) is 0 Å². The number of hydrogen-bond acceptors (Lipinski definition) is 18. The van der Waals surface area contributed by atoms with Gasteiger partial charge in [-0.1, -0.05) is 0 Å². The third-order valence-corrected chi connectivity index (χ3v) is 14.8. The summed E-state index contributed by atoms with van der Waals surface area (Å²) in [6, 6.07) is 16.6. The standard InChI is InChI=1S/C27H30N2O7S.C20H23NO5S.C9H13NO3/c1-32-17-10-15(11-18(14-17)33-2)25(30)29-27-23(19-8-6-7-9-22(19)37-27)26(31)28-16-12-20(34-3)24(36-5)21(13-16)35-4;1-4-26-20(23)17-15-7-5-6-8-16(15)27-19(17)21-18(22)12-9-13(24-2)11-14(10-12)25-3;1-11-7-4-6(10)5-8(12-2)9(7)13-3/h10-14H,6-9H2,1-5H3,(H,28,31)(H,29,30);9-11H,4-8H2,1-3H3,(H,21,22);4-5H,10H2,1-3H3. The van der Waals surface area contributed by atoms with Gasteiger partial charge in [0.15, 0.2) is 23.0 Å². The highest BCUT2D eigenvalue weighted by atomic mass is 32.1. The molecule has 0 spiro atoms. The Morgan fingerprint density at radius 3 is 1.21 bits per heavy atom. The molecule has 0 saturated heterocycles. The lowest BCUT2D eigenvalue weighted by molar-refractivity contribution is 0.0526. The van der Waals surface area contributed by atoms with Crippen molar-refractivity contribution in [2.45, 2.75) is 58.3 Å². The van der Waals surface area contributed by atoms with Gasteiger partial charge in [-0.05, 0) is 93.7 Å². The zero-order valence-electron chi connectivity index (χ0n) is 45.2. The molecule has 0 radical (unpaired) electrons. The Morgan fingerprint density at radius 2 is 0.831 bits per heavy atom. The Bertz CT molecular complexity index is 2970. The SMILES string of the molecule is CCOC(=O)c1c(NC(=O)c2cc(OC)cc(OC)c2)sc2c1CCCC2.COc1cc(N)cc(OC)c1OC.COc1cc(OC)cc(C(=O)Nc2sc3c(c2C(=O)Nc2cc(OC)c(OC)c(OC)c2)CCCC3)c1. The molecule has 0 unspecified atom stereocenters. The summed E-state index contributed by atoms with van der Waals surface area (Å²) in [6.07, 6.45) is 7.56. The van der Waals surface area contributed by atoms with Crippen molar-refractivity contribution in [2.24, 2.45) is 0 Å². The van der Waals surface area contributed by atoms with Crippen molar-refractivity contribution in [2.75, 3.05) is 99.4 Å². The number of hydrogen-bond donors (Lipinski definition) is 4. The lowest BCUT2D eigenvalue weighted by Crippen LogP contribution is -2.19. The fourth-order valence-electron chi connectivity index (χ4n) is 8.64. The van der Waals surface area contributed by atoms with E-state index in [1.807, 2.05) is 0 Å². The number of benzene rings is 4. The van der Waals surface area contributed by atoms with E-state index in [4.69, 9.17) is 57.8 Å². The third-order valence-electron chi connectivity index (χ3n) is 12.3. The van der Waals surface area contributed by atoms with Crippen LogP contribution in [0.5, 0.6) is 57.5 Å². The number of nitrogen functional groups attached to an aromatic ring is 1. The second-order valence-electron chi connectivity index (χ2n) is 17.0. The maximum Gasteiger partial charge on any atom is 0.341 e. The van der Waals surface area contributed by atoms with Gasteiger partial charge in [0.25, 0.3) is 17.7 Å². The maximum absolute atomic E-state index is 13.6. The largest absolute Gasteiger partial charge is 0.497 e. The van der Waals surface area contributed by atoms with Gasteiger partial charge in [0, 0.05) is 68.7 Å². The molecule has 5 N–H and O–H groups in total. The zero-order valence-corrected chi connectivity index (χ0v) is 46.8. The molecule has 412 valence electrons. The van der Waals surface area contributed by atoms with Crippen molar-refractivity contribution >= 4 is 67.7 Å². The van der Waals surface area contributed by atoms with Crippen molar-refractivity contribution in [3.8, 4) is 57.5 Å². The van der Waals surface area contributed by atoms with Crippen LogP contribution in [-0.4, -0.2) is 101 Å². The van der Waals surface area contributed by atoms with Gasteiger partial charge in [-0.25, -0.2) is 4.79 Å². The molecule has 21 heteroatoms. The minimum atomic E-state index is -0.379. The fraction of sp³-hybridized carbons (Fsp3) is 0.357. The van der Waals surface area contributed by atoms with Crippen LogP contribution in [0.1, 0.15) is 94.9 Å². The van der Waals surface area contributed by atoms with Crippen LogP contribution in [0.3, 0.4) is 0 Å². The van der Waals surface area contributed by atoms with Gasteiger partial charge in [0.2, 0.25) is 11.5 Å². The number of esters is 1. The summed E-state index contributed by atoms with van der Waals surface area (Å²) in [5.74, 6) is 3.61. The van der Waals surface area contributed by atoms with Crippen LogP contribution >= 0.6 is 22.7 Å². The molecule has 0 bridgehead atoms. The first kappa shape index (κ1) is 58.2. The number of nitrogens with two attached hydrogens (primary N) is 1. The number of carbonyl (C=O) groups excluding carboxylic acids is 4. The maximum atomic E-state index is 13.6. The lowest BCUT2D eigenvalue weighted by atomic mass is 9.95. The number of thiophene rings is 2. The normalized spacial score (nSPS) is 12.0. The van der Waals surface area contributed by atoms with E-state index in [9.17, 15) is 19.2 Å². The molecular formula is C56H66N4O15S2. The van der Waals surface area contributed by atoms with E-state index in [-0.39, 0.29) is 23.7 Å². The first-order chi connectivity index (χ1) is 37.2. The first-order valence-electron chi connectivity index (χ1n) is 24.4. The molecule has 2 aliphatic carbocycles. The fourth-order valence-corrected chi connectivity index (χ4v) is 11.2. The van der Waals surface area contributed by atoms with Crippen LogP contribution in [0.2, 0.25) is 0 Å². The molecule has 2 aliphatic rings. The number of amides is 3. The summed E-state index contributed by atoms with van der Waals surface area (Å²) in [5.41, 5.74) is 10.4. The van der Waals surface area contributed by atoms with E-state index in [1.165, 1.54) is 72.4 Å². The van der Waals surface area contributed by atoms with E-state index >= 15 is 0 Å². The molecule has 0 atom stereocenters. The number of carbonyl (C=O) groups is 4. The minimum Gasteiger partial charge on any atom is -0.497 e. The van der Waals surface area contributed by atoms with E-state index in [0.29, 0.717) is 108 Å². The lowest BCUT2D eigenvalue weighted by Gasteiger charge is -2.16. The van der Waals surface area contributed by atoms with E-state index in [1.54, 1.807) is 88.9 Å². The van der Waals surface area contributed by atoms with Crippen LogP contribution in [0.25, 0.3) is 0 Å². The Morgan fingerprint density at radius 1 is 0.455 bits per heavy atom. The summed E-state index contributed by atoms with van der Waals surface area (Å²) in [7, 11) is 15.3. The van der Waals surface area contributed by atoms with Crippen LogP contribution in [-0.2, 0) is 30.4 Å². The quantitative estimate of drug-likeness (QED) is 0.0463. The molecule has 3 amide bonds. The summed E-state index contributed by atoms with van der Waals surface area (Å²) in [6.45, 7) is 2.07. The second kappa shape index (κ2) is 27.7. The number of fused-ring (bicyclic) bond motifs is 2. The van der Waals surface area contributed by atoms with Crippen molar-refractivity contribution < 1.29 is 71.3 Å². The van der Waals surface area contributed by atoms with Gasteiger partial charge in [0.1, 0.15) is 33.0 Å². The Balaban J connectivity index is 0.000000209. The zero-order chi connectivity index (χ0) is 55.8. The third kappa shape index (κ3) is 14.1. The van der Waals surface area contributed by atoms with Crippen LogP contribution in [0.15, 0.2) is 60.7 Å². The van der Waals surface area contributed by atoms with Gasteiger partial charge >= 0.3 is 5.97 Å². The number of methoxy groups -OCH3 is 10. The topological polar surface area (TPSA) is 232 Å². The predicted molar refractivity (Wildman–Crippen MR) is 297 cm³/mol. The summed E-state index contributed by atoms with van der Waals surface area (Å²) >= 11 is 2.90. The number of rotatable bonds is 18. The Labute approximate surface area is 456 Å². The van der Waals surface area contributed by atoms with Gasteiger partial charge in [-0.2, -0.15) is 0 Å². The van der Waals surface area contributed by atoms with E-state index < -0.39 is 0 Å². The average Bonchev–Trinajstić information content (AvgIpc) is 4.06. The minimum absolute atomic E-state index is 0.296. The van der Waals surface area contributed by atoms with E-state index in [2.05, 4.69) is 16.0 Å². The summed E-state index contributed by atoms with van der Waals surface area (Å²) < 4.78 is 57.7. The van der Waals surface area contributed by atoms with Gasteiger partial charge < -0.3 is 73.8 Å². The molecule has 0 saturated carbocycles. The number of ether oxygens (including phenoxy) is 11. The van der Waals surface area contributed by atoms with Crippen LogP contribution < -0.4 is 69.1 Å².